The van der Waals surface area contributed by atoms with Gasteiger partial charge in [0.1, 0.15) is 6.04 Å². The molecule has 0 spiro atoms. The first-order valence-corrected chi connectivity index (χ1v) is 8.99. The highest BCUT2D eigenvalue weighted by molar-refractivity contribution is 7.11. The van der Waals surface area contributed by atoms with E-state index in [9.17, 15) is 9.59 Å². The molecule has 1 aliphatic rings. The summed E-state index contributed by atoms with van der Waals surface area (Å²) < 4.78 is 0. The molecule has 2 heterocycles. The predicted molar refractivity (Wildman–Crippen MR) is 99.3 cm³/mol. The number of thiazole rings is 1. The number of nitrogens with zero attached hydrogens (tertiary/aromatic N) is 2. The summed E-state index contributed by atoms with van der Waals surface area (Å²) in [5, 5.41) is 3.96. The summed E-state index contributed by atoms with van der Waals surface area (Å²) >= 11 is 1.58. The van der Waals surface area contributed by atoms with Crippen molar-refractivity contribution in [1.29, 1.82) is 0 Å². The van der Waals surface area contributed by atoms with Crippen LogP contribution in [-0.2, 0) is 4.79 Å². The zero-order valence-corrected chi connectivity index (χ0v) is 15.6. The maximum atomic E-state index is 12.7. The number of amides is 2. The molecule has 0 saturated carbocycles. The van der Waals surface area contributed by atoms with E-state index in [4.69, 9.17) is 0 Å². The number of carbonyl (C=O) groups is 2. The average molecular weight is 355 g/mol. The van der Waals surface area contributed by atoms with Crippen molar-refractivity contribution >= 4 is 28.8 Å². The summed E-state index contributed by atoms with van der Waals surface area (Å²) in [4.78, 5) is 32.3. The van der Waals surface area contributed by atoms with Gasteiger partial charge in [0.15, 0.2) is 0 Å². The van der Waals surface area contributed by atoms with Gasteiger partial charge in [-0.15, -0.1) is 11.3 Å². The van der Waals surface area contributed by atoms with Crippen LogP contribution in [0.1, 0.15) is 51.4 Å². The molecule has 0 fully saturated rings. The van der Waals surface area contributed by atoms with E-state index in [2.05, 4.69) is 16.9 Å². The van der Waals surface area contributed by atoms with Crippen molar-refractivity contribution in [1.82, 2.24) is 15.2 Å². The lowest BCUT2D eigenvalue weighted by Gasteiger charge is -2.26. The van der Waals surface area contributed by atoms with E-state index < -0.39 is 6.04 Å². The molecular formula is C19H21N3O2S. The van der Waals surface area contributed by atoms with Crippen LogP contribution in [0.25, 0.3) is 5.70 Å². The Morgan fingerprint density at radius 1 is 1.24 bits per heavy atom. The molecule has 2 atom stereocenters. The average Bonchev–Trinajstić information content (AvgIpc) is 3.04. The van der Waals surface area contributed by atoms with Gasteiger partial charge >= 0.3 is 0 Å². The normalized spacial score (nSPS) is 15.9. The lowest BCUT2D eigenvalue weighted by molar-refractivity contribution is -0.124. The number of hydrogen-bond donors (Lipinski definition) is 1. The van der Waals surface area contributed by atoms with Crippen molar-refractivity contribution in [3.8, 4) is 0 Å². The van der Waals surface area contributed by atoms with Crippen molar-refractivity contribution in [3.63, 3.8) is 0 Å². The van der Waals surface area contributed by atoms with Gasteiger partial charge in [0.05, 0.1) is 16.7 Å². The van der Waals surface area contributed by atoms with Gasteiger partial charge in [-0.1, -0.05) is 24.8 Å². The van der Waals surface area contributed by atoms with Crippen molar-refractivity contribution in [3.05, 3.63) is 57.6 Å². The first-order valence-electron chi connectivity index (χ1n) is 8.17. The second-order valence-corrected chi connectivity index (χ2v) is 7.49. The fraction of sp³-hybridized carbons (Fsp3) is 0.316. The smallest absolute Gasteiger partial charge is 0.259 e. The summed E-state index contributed by atoms with van der Waals surface area (Å²) in [5.41, 5.74) is 2.88. The molecule has 0 aliphatic carbocycles. The summed E-state index contributed by atoms with van der Waals surface area (Å²) in [7, 11) is 0. The lowest BCUT2D eigenvalue weighted by Crippen LogP contribution is -2.45. The largest absolute Gasteiger partial charge is 0.347 e. The zero-order valence-electron chi connectivity index (χ0n) is 14.8. The van der Waals surface area contributed by atoms with Gasteiger partial charge in [-0.25, -0.2) is 4.98 Å². The minimum atomic E-state index is -0.635. The topological polar surface area (TPSA) is 62.3 Å². The van der Waals surface area contributed by atoms with E-state index in [1.165, 1.54) is 4.90 Å². The van der Waals surface area contributed by atoms with Crippen LogP contribution in [0.2, 0.25) is 0 Å². The number of fused-ring (bicyclic) bond motifs is 1. The van der Waals surface area contributed by atoms with E-state index >= 15 is 0 Å². The number of rotatable bonds is 4. The molecule has 1 aromatic heterocycles. The minimum Gasteiger partial charge on any atom is -0.347 e. The molecule has 2 unspecified atom stereocenters. The molecule has 0 saturated heterocycles. The number of hydrogen-bond acceptors (Lipinski definition) is 4. The molecule has 5 nitrogen and oxygen atoms in total. The third kappa shape index (κ3) is 2.98. The second-order valence-electron chi connectivity index (χ2n) is 6.26. The minimum absolute atomic E-state index is 0.158. The van der Waals surface area contributed by atoms with Crippen LogP contribution in [0.4, 0.5) is 0 Å². The molecule has 1 aliphatic heterocycles. The van der Waals surface area contributed by atoms with Crippen molar-refractivity contribution in [2.24, 2.45) is 0 Å². The Bertz CT molecular complexity index is 836. The standard InChI is InChI=1S/C19H21N3O2S/c1-10-17(25-14(5)20-10)11(2)21-18(23)13(4)22-12(3)15-8-6-7-9-16(15)19(22)24/h6-9,11,13H,3H2,1-2,4-5H3,(H,21,23). The highest BCUT2D eigenvalue weighted by Crippen LogP contribution is 2.33. The van der Waals surface area contributed by atoms with Gasteiger partial charge < -0.3 is 5.32 Å². The van der Waals surface area contributed by atoms with Gasteiger partial charge in [0.2, 0.25) is 5.91 Å². The second kappa shape index (κ2) is 6.44. The van der Waals surface area contributed by atoms with Gasteiger partial charge in [-0.3, -0.25) is 14.5 Å². The molecule has 2 amide bonds. The third-order valence-corrected chi connectivity index (χ3v) is 5.69. The first-order chi connectivity index (χ1) is 11.8. The summed E-state index contributed by atoms with van der Waals surface area (Å²) in [5.74, 6) is -0.388. The molecule has 1 N–H and O–H groups in total. The fourth-order valence-corrected chi connectivity index (χ4v) is 4.11. The molecule has 3 rings (SSSR count). The SMILES string of the molecule is C=C1c2ccccc2C(=O)N1C(C)C(=O)NC(C)c1sc(C)nc1C. The molecule has 0 bridgehead atoms. The monoisotopic (exact) mass is 355 g/mol. The molecule has 2 aromatic rings. The van der Waals surface area contributed by atoms with Crippen molar-refractivity contribution < 1.29 is 9.59 Å². The number of aromatic nitrogens is 1. The molecule has 6 heteroatoms. The zero-order chi connectivity index (χ0) is 18.3. The Balaban J connectivity index is 1.76. The predicted octanol–water partition coefficient (Wildman–Crippen LogP) is 3.45. The van der Waals surface area contributed by atoms with Crippen molar-refractivity contribution in [2.75, 3.05) is 0 Å². The number of benzene rings is 1. The Morgan fingerprint density at radius 3 is 2.44 bits per heavy atom. The molecule has 130 valence electrons. The molecular weight excluding hydrogens is 334 g/mol. The van der Waals surface area contributed by atoms with Crippen LogP contribution in [0, 0.1) is 13.8 Å². The lowest BCUT2D eigenvalue weighted by atomic mass is 10.1. The van der Waals surface area contributed by atoms with Crippen molar-refractivity contribution in [2.45, 2.75) is 39.8 Å². The molecule has 0 radical (unpaired) electrons. The first kappa shape index (κ1) is 17.4. The summed E-state index contributed by atoms with van der Waals surface area (Å²) in [6, 6.07) is 6.50. The number of carbonyl (C=O) groups excluding carboxylic acids is 2. The van der Waals surface area contributed by atoms with Gasteiger partial charge in [-0.05, 0) is 33.8 Å². The maximum Gasteiger partial charge on any atom is 0.259 e. The Morgan fingerprint density at radius 2 is 1.88 bits per heavy atom. The van der Waals surface area contributed by atoms with Gasteiger partial charge in [0, 0.05) is 21.7 Å². The Kier molecular flexibility index (Phi) is 4.47. The number of aryl methyl sites for hydroxylation is 2. The van der Waals surface area contributed by atoms with E-state index in [-0.39, 0.29) is 17.9 Å². The van der Waals surface area contributed by atoms with E-state index in [0.717, 1.165) is 21.1 Å². The summed E-state index contributed by atoms with van der Waals surface area (Å²) in [6.45, 7) is 11.5. The highest BCUT2D eigenvalue weighted by atomic mass is 32.1. The number of nitrogens with one attached hydrogen (secondary N) is 1. The third-order valence-electron chi connectivity index (χ3n) is 4.44. The highest BCUT2D eigenvalue weighted by Gasteiger charge is 2.37. The van der Waals surface area contributed by atoms with E-state index in [1.807, 2.05) is 39.0 Å². The van der Waals surface area contributed by atoms with Crippen LogP contribution >= 0.6 is 11.3 Å². The van der Waals surface area contributed by atoms with Crippen LogP contribution in [-0.4, -0.2) is 27.7 Å². The van der Waals surface area contributed by atoms with Crippen LogP contribution < -0.4 is 5.32 Å². The maximum absolute atomic E-state index is 12.7. The Labute approximate surface area is 151 Å². The van der Waals surface area contributed by atoms with E-state index in [0.29, 0.717) is 11.3 Å². The summed E-state index contributed by atoms with van der Waals surface area (Å²) in [6.07, 6.45) is 0. The molecule has 25 heavy (non-hydrogen) atoms. The van der Waals surface area contributed by atoms with Crippen LogP contribution in [0.15, 0.2) is 30.8 Å². The Hall–Kier alpha value is -2.47. The fourth-order valence-electron chi connectivity index (χ4n) is 3.18. The van der Waals surface area contributed by atoms with Gasteiger partial charge in [-0.2, -0.15) is 0 Å². The van der Waals surface area contributed by atoms with Gasteiger partial charge in [0.25, 0.3) is 5.91 Å². The van der Waals surface area contributed by atoms with E-state index in [1.54, 1.807) is 24.3 Å². The molecule has 1 aromatic carbocycles. The van der Waals surface area contributed by atoms with Crippen LogP contribution in [0.5, 0.6) is 0 Å². The quantitative estimate of drug-likeness (QED) is 0.914. The van der Waals surface area contributed by atoms with Crippen LogP contribution in [0.3, 0.4) is 0 Å².